The summed E-state index contributed by atoms with van der Waals surface area (Å²) in [6.45, 7) is 5.74. The first-order chi connectivity index (χ1) is 9.54. The maximum atomic E-state index is 12.3. The maximum Gasteiger partial charge on any atom is 0.280 e. The molecule has 0 spiro atoms. The van der Waals surface area contributed by atoms with E-state index in [4.69, 9.17) is 11.5 Å². The predicted octanol–water partition coefficient (Wildman–Crippen LogP) is 0.864. The number of hydrogen-bond donors (Lipinski definition) is 2. The van der Waals surface area contributed by atoms with Crippen molar-refractivity contribution in [3.8, 4) is 0 Å². The van der Waals surface area contributed by atoms with Gasteiger partial charge in [-0.1, -0.05) is 19.9 Å². The molecule has 1 aromatic carbocycles. The first kappa shape index (κ1) is 15.5. The minimum Gasteiger partial charge on any atom is -0.370 e. The van der Waals surface area contributed by atoms with Crippen molar-refractivity contribution >= 4 is 21.7 Å². The van der Waals surface area contributed by atoms with Gasteiger partial charge in [0, 0.05) is 5.56 Å². The second-order valence-corrected chi connectivity index (χ2v) is 8.04. The predicted molar refractivity (Wildman–Crippen MR) is 81.0 cm³/mol. The fraction of sp³-hybridized carbons (Fsp3) is 0.429. The molecule has 0 fully saturated rings. The van der Waals surface area contributed by atoms with Gasteiger partial charge in [-0.3, -0.25) is 4.79 Å². The van der Waals surface area contributed by atoms with Crippen LogP contribution in [0.25, 0.3) is 0 Å². The van der Waals surface area contributed by atoms with Crippen molar-refractivity contribution in [3.05, 3.63) is 28.8 Å². The zero-order chi connectivity index (χ0) is 16.0. The van der Waals surface area contributed by atoms with Crippen LogP contribution >= 0.6 is 0 Å². The Morgan fingerprint density at radius 2 is 1.90 bits per heavy atom. The molecule has 0 radical (unpaired) electrons. The summed E-state index contributed by atoms with van der Waals surface area (Å²) in [7, 11) is -3.38. The van der Waals surface area contributed by atoms with E-state index >= 15 is 0 Å². The Bertz CT molecular complexity index is 745. The molecule has 1 amide bonds. The first-order valence-electron chi connectivity index (χ1n) is 6.56. The van der Waals surface area contributed by atoms with Crippen molar-refractivity contribution in [2.75, 3.05) is 5.75 Å². The number of guanidine groups is 1. The van der Waals surface area contributed by atoms with Gasteiger partial charge >= 0.3 is 0 Å². The van der Waals surface area contributed by atoms with Gasteiger partial charge in [0.1, 0.15) is 0 Å². The monoisotopic (exact) mass is 309 g/mol. The van der Waals surface area contributed by atoms with Gasteiger partial charge in [0.25, 0.3) is 5.91 Å². The Balaban J connectivity index is 2.71. The third-order valence-corrected chi connectivity index (χ3v) is 5.60. The van der Waals surface area contributed by atoms with Crippen LogP contribution < -0.4 is 11.5 Å². The number of sulfone groups is 1. The summed E-state index contributed by atoms with van der Waals surface area (Å²) in [6, 6.07) is 3.15. The molecule has 0 saturated carbocycles. The fourth-order valence-corrected chi connectivity index (χ4v) is 4.48. The number of rotatable bonds is 1. The summed E-state index contributed by atoms with van der Waals surface area (Å²) in [5, 5.41) is 0. The van der Waals surface area contributed by atoms with E-state index in [1.807, 2.05) is 13.8 Å². The molecule has 2 rings (SSSR count). The molecule has 0 aromatic heterocycles. The SMILES string of the molecule is Cc1cc2c(cc1C(=O)N=C(N)N)S(=O)(=O)CCC2(C)C. The topological polar surface area (TPSA) is 116 Å². The largest absolute Gasteiger partial charge is 0.370 e. The second kappa shape index (κ2) is 4.84. The Kier molecular flexibility index (Phi) is 3.57. The van der Waals surface area contributed by atoms with Gasteiger partial charge in [-0.15, -0.1) is 0 Å². The van der Waals surface area contributed by atoms with E-state index < -0.39 is 15.7 Å². The average Bonchev–Trinajstić information content (AvgIpc) is 2.33. The van der Waals surface area contributed by atoms with Crippen LogP contribution in [0.2, 0.25) is 0 Å². The highest BCUT2D eigenvalue weighted by molar-refractivity contribution is 7.91. The van der Waals surface area contributed by atoms with Crippen LogP contribution in [0.15, 0.2) is 22.0 Å². The lowest BCUT2D eigenvalue weighted by molar-refractivity contribution is 0.100. The standard InChI is InChI=1S/C14H19N3O3S/c1-8-6-10-11(7-9(8)12(18)17-13(15)16)21(19,20)5-4-14(10,2)3/h6-7H,4-5H2,1-3H3,(H4,15,16,17,18). The minimum atomic E-state index is -3.38. The number of carbonyl (C=O) groups is 1. The number of nitrogens with zero attached hydrogens (tertiary/aromatic N) is 1. The molecule has 0 unspecified atom stereocenters. The molecule has 0 saturated heterocycles. The van der Waals surface area contributed by atoms with Gasteiger partial charge in [0.15, 0.2) is 15.8 Å². The van der Waals surface area contributed by atoms with Crippen molar-refractivity contribution in [2.45, 2.75) is 37.5 Å². The Morgan fingerprint density at radius 1 is 1.29 bits per heavy atom. The van der Waals surface area contributed by atoms with Crippen LogP contribution in [0.5, 0.6) is 0 Å². The molecule has 6 nitrogen and oxygen atoms in total. The molecule has 7 heteroatoms. The molecular weight excluding hydrogens is 290 g/mol. The summed E-state index contributed by atoms with van der Waals surface area (Å²) in [5.74, 6) is -0.902. The number of hydrogen-bond acceptors (Lipinski definition) is 3. The van der Waals surface area contributed by atoms with E-state index in [2.05, 4.69) is 4.99 Å². The van der Waals surface area contributed by atoms with Crippen molar-refractivity contribution in [3.63, 3.8) is 0 Å². The van der Waals surface area contributed by atoms with Crippen molar-refractivity contribution in [2.24, 2.45) is 16.5 Å². The Morgan fingerprint density at radius 3 is 2.48 bits per heavy atom. The lowest BCUT2D eigenvalue weighted by Gasteiger charge is -2.32. The zero-order valence-corrected chi connectivity index (χ0v) is 13.1. The van der Waals surface area contributed by atoms with Gasteiger partial charge in [-0.05, 0) is 36.0 Å². The van der Waals surface area contributed by atoms with Crippen molar-refractivity contribution < 1.29 is 13.2 Å². The van der Waals surface area contributed by atoms with Crippen LogP contribution in [0.4, 0.5) is 0 Å². The third-order valence-electron chi connectivity index (χ3n) is 3.85. The van der Waals surface area contributed by atoms with E-state index in [0.717, 1.165) is 5.56 Å². The normalized spacial score (nSPS) is 18.6. The number of benzene rings is 1. The molecule has 114 valence electrons. The van der Waals surface area contributed by atoms with Gasteiger partial charge in [-0.2, -0.15) is 4.99 Å². The molecule has 21 heavy (non-hydrogen) atoms. The molecule has 1 aliphatic heterocycles. The molecule has 1 heterocycles. The van der Waals surface area contributed by atoms with Crippen LogP contribution in [0.3, 0.4) is 0 Å². The van der Waals surface area contributed by atoms with E-state index in [0.29, 0.717) is 12.0 Å². The summed E-state index contributed by atoms with van der Waals surface area (Å²) in [5.41, 5.74) is 11.8. The quantitative estimate of drug-likeness (QED) is 0.589. The fourth-order valence-electron chi connectivity index (χ4n) is 2.52. The van der Waals surface area contributed by atoms with E-state index in [9.17, 15) is 13.2 Å². The van der Waals surface area contributed by atoms with E-state index in [1.54, 1.807) is 13.0 Å². The molecule has 0 bridgehead atoms. The highest BCUT2D eigenvalue weighted by Gasteiger charge is 2.36. The molecule has 4 N–H and O–H groups in total. The molecule has 0 aliphatic carbocycles. The highest BCUT2D eigenvalue weighted by Crippen LogP contribution is 2.39. The first-order valence-corrected chi connectivity index (χ1v) is 8.22. The van der Waals surface area contributed by atoms with Crippen LogP contribution in [0.1, 0.15) is 41.8 Å². The zero-order valence-electron chi connectivity index (χ0n) is 12.3. The Labute approximate surface area is 124 Å². The molecule has 1 aliphatic rings. The lowest BCUT2D eigenvalue weighted by Crippen LogP contribution is -2.31. The summed E-state index contributed by atoms with van der Waals surface area (Å²) < 4.78 is 24.5. The van der Waals surface area contributed by atoms with Gasteiger partial charge in [0.2, 0.25) is 0 Å². The van der Waals surface area contributed by atoms with Crippen molar-refractivity contribution in [1.82, 2.24) is 0 Å². The Hall–Kier alpha value is -1.89. The number of fused-ring (bicyclic) bond motifs is 1. The average molecular weight is 309 g/mol. The second-order valence-electron chi connectivity index (χ2n) is 5.96. The van der Waals surface area contributed by atoms with Crippen LogP contribution in [-0.2, 0) is 15.3 Å². The third kappa shape index (κ3) is 2.78. The van der Waals surface area contributed by atoms with Gasteiger partial charge in [0.05, 0.1) is 10.6 Å². The molecule has 1 aromatic rings. The summed E-state index contributed by atoms with van der Waals surface area (Å²) >= 11 is 0. The van der Waals surface area contributed by atoms with E-state index in [-0.39, 0.29) is 27.6 Å². The van der Waals surface area contributed by atoms with Crippen LogP contribution in [0, 0.1) is 6.92 Å². The number of aliphatic imine (C=N–C) groups is 1. The van der Waals surface area contributed by atoms with Gasteiger partial charge in [-0.25, -0.2) is 8.42 Å². The summed E-state index contributed by atoms with van der Waals surface area (Å²) in [4.78, 5) is 15.7. The highest BCUT2D eigenvalue weighted by atomic mass is 32.2. The van der Waals surface area contributed by atoms with Gasteiger partial charge < -0.3 is 11.5 Å². The summed E-state index contributed by atoms with van der Waals surface area (Å²) in [6.07, 6.45) is 0.558. The maximum absolute atomic E-state index is 12.3. The molecular formula is C14H19N3O3S. The van der Waals surface area contributed by atoms with Crippen LogP contribution in [-0.4, -0.2) is 26.0 Å². The molecule has 0 atom stereocenters. The van der Waals surface area contributed by atoms with E-state index in [1.165, 1.54) is 6.07 Å². The number of aryl methyl sites for hydroxylation is 1. The lowest BCUT2D eigenvalue weighted by atomic mass is 9.80. The minimum absolute atomic E-state index is 0.0754. The number of carbonyl (C=O) groups excluding carboxylic acids is 1. The number of nitrogens with two attached hydrogens (primary N) is 2. The number of amides is 1. The smallest absolute Gasteiger partial charge is 0.280 e. The van der Waals surface area contributed by atoms with Crippen molar-refractivity contribution in [1.29, 1.82) is 0 Å².